The van der Waals surface area contributed by atoms with Gasteiger partial charge < -0.3 is 4.74 Å². The highest BCUT2D eigenvalue weighted by molar-refractivity contribution is 4.92. The largest absolute Gasteiger partial charge is 0.463 e. The van der Waals surface area contributed by atoms with E-state index in [9.17, 15) is 0 Å². The number of hydrogen-bond donors (Lipinski definition) is 0. The van der Waals surface area contributed by atoms with Gasteiger partial charge in [-0.25, -0.2) is 9.97 Å². The lowest BCUT2D eigenvalue weighted by molar-refractivity contribution is 0.281. The highest BCUT2D eigenvalue weighted by Gasteiger charge is 1.95. The van der Waals surface area contributed by atoms with Crippen molar-refractivity contribution in [2.75, 3.05) is 6.61 Å². The maximum Gasteiger partial charge on any atom is 0.316 e. The number of nitrogens with zero attached hydrogens (tertiary/aromatic N) is 2. The van der Waals surface area contributed by atoms with Crippen LogP contribution in [-0.2, 0) is 0 Å². The number of rotatable bonds is 9. The van der Waals surface area contributed by atoms with Crippen molar-refractivity contribution >= 4 is 0 Å². The quantitative estimate of drug-likeness (QED) is 0.599. The Balaban J connectivity index is 1.89. The molecule has 0 fully saturated rings. The van der Waals surface area contributed by atoms with Crippen molar-refractivity contribution in [3.05, 3.63) is 18.5 Å². The lowest BCUT2D eigenvalue weighted by Crippen LogP contribution is -2.00. The smallest absolute Gasteiger partial charge is 0.316 e. The molecule has 0 N–H and O–H groups in total. The zero-order chi connectivity index (χ0) is 11.5. The van der Waals surface area contributed by atoms with Crippen LogP contribution in [0.15, 0.2) is 18.5 Å². The molecular weight excluding hydrogens is 200 g/mol. The van der Waals surface area contributed by atoms with Gasteiger partial charge in [0.2, 0.25) is 0 Å². The maximum atomic E-state index is 5.41. The van der Waals surface area contributed by atoms with Crippen molar-refractivity contribution in [2.45, 2.75) is 51.9 Å². The molecule has 0 saturated heterocycles. The third-order valence-electron chi connectivity index (χ3n) is 2.52. The van der Waals surface area contributed by atoms with Gasteiger partial charge in [0.1, 0.15) is 0 Å². The third kappa shape index (κ3) is 6.38. The van der Waals surface area contributed by atoms with Gasteiger partial charge in [-0.2, -0.15) is 0 Å². The fourth-order valence-corrected chi connectivity index (χ4v) is 1.58. The van der Waals surface area contributed by atoms with E-state index in [-0.39, 0.29) is 0 Å². The highest BCUT2D eigenvalue weighted by atomic mass is 16.5. The van der Waals surface area contributed by atoms with Gasteiger partial charge >= 0.3 is 6.01 Å². The van der Waals surface area contributed by atoms with Crippen LogP contribution in [0, 0.1) is 0 Å². The molecule has 1 aromatic heterocycles. The molecule has 1 aromatic rings. The Morgan fingerprint density at radius 1 is 0.938 bits per heavy atom. The summed E-state index contributed by atoms with van der Waals surface area (Å²) in [5, 5.41) is 0. The Bertz CT molecular complexity index is 251. The minimum atomic E-state index is 0.494. The molecule has 90 valence electrons. The second-order valence-corrected chi connectivity index (χ2v) is 4.00. The van der Waals surface area contributed by atoms with Crippen LogP contribution in [0.2, 0.25) is 0 Å². The Kier molecular flexibility index (Phi) is 7.39. The van der Waals surface area contributed by atoms with Gasteiger partial charge in [0.25, 0.3) is 0 Å². The fourth-order valence-electron chi connectivity index (χ4n) is 1.58. The molecule has 1 heterocycles. The van der Waals surface area contributed by atoms with Crippen LogP contribution in [0.5, 0.6) is 6.01 Å². The Hall–Kier alpha value is -1.12. The molecular formula is C13H22N2O. The Morgan fingerprint density at radius 3 is 2.25 bits per heavy atom. The molecule has 0 saturated carbocycles. The first kappa shape index (κ1) is 12.9. The normalized spacial score (nSPS) is 10.3. The van der Waals surface area contributed by atoms with Gasteiger partial charge in [-0.3, -0.25) is 0 Å². The average Bonchev–Trinajstić information content (AvgIpc) is 2.34. The molecule has 0 aliphatic heterocycles. The molecule has 0 aliphatic carbocycles. The van der Waals surface area contributed by atoms with Gasteiger partial charge in [-0.05, 0) is 12.5 Å². The van der Waals surface area contributed by atoms with Crippen molar-refractivity contribution in [1.29, 1.82) is 0 Å². The minimum absolute atomic E-state index is 0.494. The van der Waals surface area contributed by atoms with Gasteiger partial charge in [-0.1, -0.05) is 45.4 Å². The maximum absolute atomic E-state index is 5.41. The second kappa shape index (κ2) is 9.13. The molecule has 3 nitrogen and oxygen atoms in total. The summed E-state index contributed by atoms with van der Waals surface area (Å²) in [7, 11) is 0. The number of aromatic nitrogens is 2. The highest BCUT2D eigenvalue weighted by Crippen LogP contribution is 2.07. The first-order valence-corrected chi connectivity index (χ1v) is 6.33. The number of unbranched alkanes of at least 4 members (excludes halogenated alkanes) is 6. The SMILES string of the molecule is CCCCCCCCCOc1ncccn1. The molecule has 0 aliphatic rings. The van der Waals surface area contributed by atoms with E-state index >= 15 is 0 Å². The Labute approximate surface area is 98.3 Å². The van der Waals surface area contributed by atoms with Crippen LogP contribution in [-0.4, -0.2) is 16.6 Å². The Morgan fingerprint density at radius 2 is 1.56 bits per heavy atom. The van der Waals surface area contributed by atoms with E-state index in [4.69, 9.17) is 4.74 Å². The number of ether oxygens (including phenoxy) is 1. The van der Waals surface area contributed by atoms with E-state index in [1.807, 2.05) is 0 Å². The summed E-state index contributed by atoms with van der Waals surface area (Å²) in [6.07, 6.45) is 12.5. The van der Waals surface area contributed by atoms with E-state index < -0.39 is 0 Å². The van der Waals surface area contributed by atoms with Crippen molar-refractivity contribution in [2.24, 2.45) is 0 Å². The van der Waals surface area contributed by atoms with Crippen LogP contribution in [0.25, 0.3) is 0 Å². The van der Waals surface area contributed by atoms with Gasteiger partial charge in [0, 0.05) is 12.4 Å². The van der Waals surface area contributed by atoms with Crippen molar-refractivity contribution in [1.82, 2.24) is 9.97 Å². The first-order valence-electron chi connectivity index (χ1n) is 6.33. The van der Waals surface area contributed by atoms with E-state index in [1.165, 1.54) is 38.5 Å². The fraction of sp³-hybridized carbons (Fsp3) is 0.692. The van der Waals surface area contributed by atoms with Gasteiger partial charge in [0.15, 0.2) is 0 Å². The van der Waals surface area contributed by atoms with Crippen LogP contribution in [0.4, 0.5) is 0 Å². The topological polar surface area (TPSA) is 35.0 Å². The lowest BCUT2D eigenvalue weighted by atomic mass is 10.1. The van der Waals surface area contributed by atoms with E-state index in [0.29, 0.717) is 6.01 Å². The summed E-state index contributed by atoms with van der Waals surface area (Å²) in [5.41, 5.74) is 0. The summed E-state index contributed by atoms with van der Waals surface area (Å²) in [5.74, 6) is 0. The second-order valence-electron chi connectivity index (χ2n) is 4.00. The van der Waals surface area contributed by atoms with E-state index in [1.54, 1.807) is 18.5 Å². The van der Waals surface area contributed by atoms with Crippen LogP contribution < -0.4 is 4.74 Å². The van der Waals surface area contributed by atoms with Crippen molar-refractivity contribution in [3.63, 3.8) is 0 Å². The summed E-state index contributed by atoms with van der Waals surface area (Å²) in [6.45, 7) is 2.98. The summed E-state index contributed by atoms with van der Waals surface area (Å²) >= 11 is 0. The van der Waals surface area contributed by atoms with Crippen LogP contribution in [0.1, 0.15) is 51.9 Å². The van der Waals surface area contributed by atoms with Crippen LogP contribution >= 0.6 is 0 Å². The predicted octanol–water partition coefficient (Wildman–Crippen LogP) is 3.61. The summed E-state index contributed by atoms with van der Waals surface area (Å²) < 4.78 is 5.41. The standard InChI is InChI=1S/C13H22N2O/c1-2-3-4-5-6-7-8-12-16-13-14-10-9-11-15-13/h9-11H,2-8,12H2,1H3. The molecule has 0 bridgehead atoms. The van der Waals surface area contributed by atoms with Crippen molar-refractivity contribution in [3.8, 4) is 6.01 Å². The summed E-state index contributed by atoms with van der Waals surface area (Å²) in [4.78, 5) is 8.01. The average molecular weight is 222 g/mol. The number of hydrogen-bond acceptors (Lipinski definition) is 3. The molecule has 0 radical (unpaired) electrons. The van der Waals surface area contributed by atoms with E-state index in [0.717, 1.165) is 13.0 Å². The molecule has 3 heteroatoms. The molecule has 0 unspecified atom stereocenters. The lowest BCUT2D eigenvalue weighted by Gasteiger charge is -2.03. The molecule has 0 spiro atoms. The molecule has 1 rings (SSSR count). The van der Waals surface area contributed by atoms with Crippen LogP contribution in [0.3, 0.4) is 0 Å². The molecule has 0 amide bonds. The van der Waals surface area contributed by atoms with E-state index in [2.05, 4.69) is 16.9 Å². The van der Waals surface area contributed by atoms with Crippen molar-refractivity contribution < 1.29 is 4.74 Å². The molecule has 0 atom stereocenters. The summed E-state index contributed by atoms with van der Waals surface area (Å²) in [6, 6.07) is 2.29. The minimum Gasteiger partial charge on any atom is -0.463 e. The van der Waals surface area contributed by atoms with Gasteiger partial charge in [0.05, 0.1) is 6.61 Å². The first-order chi connectivity index (χ1) is 7.93. The zero-order valence-electron chi connectivity index (χ0n) is 10.2. The molecule has 16 heavy (non-hydrogen) atoms. The monoisotopic (exact) mass is 222 g/mol. The third-order valence-corrected chi connectivity index (χ3v) is 2.52. The predicted molar refractivity (Wildman–Crippen MR) is 65.5 cm³/mol. The van der Waals surface area contributed by atoms with Gasteiger partial charge in [-0.15, -0.1) is 0 Å². The zero-order valence-corrected chi connectivity index (χ0v) is 10.2. The molecule has 0 aromatic carbocycles.